The molecular weight excluding hydrogens is 364 g/mol. The number of nitrogens with zero attached hydrogens (tertiary/aromatic N) is 2. The van der Waals surface area contributed by atoms with Gasteiger partial charge < -0.3 is 25.0 Å². The Kier molecular flexibility index (Phi) is 7.22. The smallest absolute Gasteiger partial charge is 0.191 e. The Labute approximate surface area is 173 Å². The summed E-state index contributed by atoms with van der Waals surface area (Å²) in [6.07, 6.45) is 2.56. The summed E-state index contributed by atoms with van der Waals surface area (Å²) in [5, 5.41) is 6.86. The number of ether oxygens (including phenoxy) is 2. The van der Waals surface area contributed by atoms with Crippen molar-refractivity contribution in [3.8, 4) is 11.5 Å². The molecule has 1 unspecified atom stereocenters. The van der Waals surface area contributed by atoms with E-state index in [1.807, 2.05) is 18.2 Å². The standard InChI is InChI=1S/C23H32N4O2/c1-17(19-8-7-9-20(15-19)27-12-5-6-13-27)26-23(24-2)25-16-18-10-11-21(28-3)22(14-18)29-4/h7-11,14-15,17H,5-6,12-13,16H2,1-4H3,(H2,24,25,26). The van der Waals surface area contributed by atoms with Gasteiger partial charge in [-0.25, -0.2) is 0 Å². The third-order valence-corrected chi connectivity index (χ3v) is 5.33. The molecule has 2 N–H and O–H groups in total. The van der Waals surface area contributed by atoms with Gasteiger partial charge >= 0.3 is 0 Å². The summed E-state index contributed by atoms with van der Waals surface area (Å²) < 4.78 is 10.7. The van der Waals surface area contributed by atoms with Crippen molar-refractivity contribution in [3.05, 3.63) is 53.6 Å². The van der Waals surface area contributed by atoms with E-state index in [1.54, 1.807) is 21.3 Å². The number of hydrogen-bond donors (Lipinski definition) is 2. The van der Waals surface area contributed by atoms with Crippen LogP contribution in [0, 0.1) is 0 Å². The van der Waals surface area contributed by atoms with Gasteiger partial charge in [-0.1, -0.05) is 18.2 Å². The zero-order valence-electron chi connectivity index (χ0n) is 17.9. The molecule has 0 aromatic heterocycles. The first kappa shape index (κ1) is 20.8. The van der Waals surface area contributed by atoms with Gasteiger partial charge in [-0.3, -0.25) is 4.99 Å². The first-order valence-corrected chi connectivity index (χ1v) is 10.2. The fourth-order valence-electron chi connectivity index (χ4n) is 3.63. The minimum atomic E-state index is 0.147. The Morgan fingerprint density at radius 2 is 1.83 bits per heavy atom. The summed E-state index contributed by atoms with van der Waals surface area (Å²) in [7, 11) is 5.08. The van der Waals surface area contributed by atoms with Crippen LogP contribution in [0.1, 0.15) is 36.9 Å². The maximum absolute atomic E-state index is 5.38. The summed E-state index contributed by atoms with van der Waals surface area (Å²) in [4.78, 5) is 6.83. The highest BCUT2D eigenvalue weighted by Crippen LogP contribution is 2.27. The van der Waals surface area contributed by atoms with Crippen LogP contribution >= 0.6 is 0 Å². The Bertz CT molecular complexity index is 831. The summed E-state index contributed by atoms with van der Waals surface area (Å²) in [5.41, 5.74) is 3.65. The van der Waals surface area contributed by atoms with Crippen LogP contribution in [-0.4, -0.2) is 40.3 Å². The van der Waals surface area contributed by atoms with E-state index in [9.17, 15) is 0 Å². The monoisotopic (exact) mass is 396 g/mol. The third-order valence-electron chi connectivity index (χ3n) is 5.33. The quantitative estimate of drug-likeness (QED) is 0.552. The minimum Gasteiger partial charge on any atom is -0.493 e. The van der Waals surface area contributed by atoms with Gasteiger partial charge in [0.05, 0.1) is 20.3 Å². The SMILES string of the molecule is CN=C(NCc1ccc(OC)c(OC)c1)NC(C)c1cccc(N2CCCC2)c1. The average molecular weight is 397 g/mol. The molecule has 6 heteroatoms. The lowest BCUT2D eigenvalue weighted by molar-refractivity contribution is 0.354. The molecule has 0 radical (unpaired) electrons. The van der Waals surface area contributed by atoms with Gasteiger partial charge in [0.25, 0.3) is 0 Å². The number of hydrogen-bond acceptors (Lipinski definition) is 4. The van der Waals surface area contributed by atoms with Gasteiger partial charge in [-0.15, -0.1) is 0 Å². The van der Waals surface area contributed by atoms with Crippen LogP contribution < -0.4 is 25.0 Å². The van der Waals surface area contributed by atoms with E-state index in [2.05, 4.69) is 51.7 Å². The Hall–Kier alpha value is -2.89. The van der Waals surface area contributed by atoms with Crippen molar-refractivity contribution in [3.63, 3.8) is 0 Å². The van der Waals surface area contributed by atoms with Crippen molar-refractivity contribution >= 4 is 11.6 Å². The summed E-state index contributed by atoms with van der Waals surface area (Å²) in [6, 6.07) is 14.8. The number of guanidine groups is 1. The number of anilines is 1. The highest BCUT2D eigenvalue weighted by Gasteiger charge is 2.14. The van der Waals surface area contributed by atoms with Crippen LogP contribution in [0.15, 0.2) is 47.5 Å². The second-order valence-corrected chi connectivity index (χ2v) is 7.27. The maximum atomic E-state index is 5.38. The lowest BCUT2D eigenvalue weighted by Gasteiger charge is -2.22. The number of nitrogens with one attached hydrogen (secondary N) is 2. The second kappa shape index (κ2) is 10.0. The van der Waals surface area contributed by atoms with E-state index < -0.39 is 0 Å². The largest absolute Gasteiger partial charge is 0.493 e. The highest BCUT2D eigenvalue weighted by atomic mass is 16.5. The topological polar surface area (TPSA) is 58.1 Å². The first-order chi connectivity index (χ1) is 14.1. The molecule has 0 aliphatic carbocycles. The third kappa shape index (κ3) is 5.34. The molecule has 3 rings (SSSR count). The number of aliphatic imine (C=N–C) groups is 1. The fraction of sp³-hybridized carbons (Fsp3) is 0.435. The molecule has 0 spiro atoms. The van der Waals surface area contributed by atoms with Crippen molar-refractivity contribution in [2.45, 2.75) is 32.4 Å². The van der Waals surface area contributed by atoms with E-state index in [-0.39, 0.29) is 6.04 Å². The van der Waals surface area contributed by atoms with Crippen LogP contribution in [0.4, 0.5) is 5.69 Å². The zero-order chi connectivity index (χ0) is 20.6. The molecule has 1 atom stereocenters. The van der Waals surface area contributed by atoms with Gasteiger partial charge in [0, 0.05) is 32.4 Å². The summed E-state index contributed by atoms with van der Waals surface area (Å²) in [5.74, 6) is 2.21. The van der Waals surface area contributed by atoms with Crippen molar-refractivity contribution in [1.29, 1.82) is 0 Å². The molecule has 156 valence electrons. The van der Waals surface area contributed by atoms with Gasteiger partial charge in [0.2, 0.25) is 0 Å². The highest BCUT2D eigenvalue weighted by molar-refractivity contribution is 5.80. The molecule has 1 saturated heterocycles. The maximum Gasteiger partial charge on any atom is 0.191 e. The van der Waals surface area contributed by atoms with Gasteiger partial charge in [0.1, 0.15) is 0 Å². The summed E-state index contributed by atoms with van der Waals surface area (Å²) >= 11 is 0. The zero-order valence-corrected chi connectivity index (χ0v) is 17.9. The predicted molar refractivity (Wildman–Crippen MR) is 119 cm³/mol. The normalized spacial score (nSPS) is 15.2. The van der Waals surface area contributed by atoms with Crippen molar-refractivity contribution in [2.75, 3.05) is 39.3 Å². The number of methoxy groups -OCH3 is 2. The molecule has 6 nitrogen and oxygen atoms in total. The number of rotatable bonds is 7. The van der Waals surface area contributed by atoms with E-state index in [1.165, 1.54) is 24.1 Å². The molecule has 1 aliphatic heterocycles. The molecule has 29 heavy (non-hydrogen) atoms. The van der Waals surface area contributed by atoms with Crippen LogP contribution in [0.5, 0.6) is 11.5 Å². The van der Waals surface area contributed by atoms with Crippen LogP contribution in [0.25, 0.3) is 0 Å². The molecule has 1 aliphatic rings. The molecule has 1 fully saturated rings. The molecule has 2 aromatic carbocycles. The molecule has 2 aromatic rings. The van der Waals surface area contributed by atoms with Crippen LogP contribution in [0.2, 0.25) is 0 Å². The van der Waals surface area contributed by atoms with Gasteiger partial charge in [0.15, 0.2) is 17.5 Å². The molecule has 0 bridgehead atoms. The minimum absolute atomic E-state index is 0.147. The molecule has 1 heterocycles. The van der Waals surface area contributed by atoms with Crippen LogP contribution in [-0.2, 0) is 6.54 Å². The van der Waals surface area contributed by atoms with Crippen molar-refractivity contribution in [1.82, 2.24) is 10.6 Å². The Balaban J connectivity index is 1.60. The fourth-order valence-corrected chi connectivity index (χ4v) is 3.63. The van der Waals surface area contributed by atoms with E-state index >= 15 is 0 Å². The van der Waals surface area contributed by atoms with Gasteiger partial charge in [-0.2, -0.15) is 0 Å². The Morgan fingerprint density at radius 1 is 1.07 bits per heavy atom. The Morgan fingerprint density at radius 3 is 2.52 bits per heavy atom. The van der Waals surface area contributed by atoms with E-state index in [0.29, 0.717) is 6.54 Å². The second-order valence-electron chi connectivity index (χ2n) is 7.27. The predicted octanol–water partition coefficient (Wildman–Crippen LogP) is 3.73. The average Bonchev–Trinajstić information content (AvgIpc) is 3.31. The molecule has 0 saturated carbocycles. The lowest BCUT2D eigenvalue weighted by Crippen LogP contribution is -2.38. The van der Waals surface area contributed by atoms with Crippen molar-refractivity contribution < 1.29 is 9.47 Å². The van der Waals surface area contributed by atoms with Crippen molar-refractivity contribution in [2.24, 2.45) is 4.99 Å². The van der Waals surface area contributed by atoms with E-state index in [4.69, 9.17) is 9.47 Å². The molecular formula is C23H32N4O2. The lowest BCUT2D eigenvalue weighted by atomic mass is 10.1. The molecule has 0 amide bonds. The number of benzene rings is 2. The van der Waals surface area contributed by atoms with E-state index in [0.717, 1.165) is 36.1 Å². The first-order valence-electron chi connectivity index (χ1n) is 10.2. The van der Waals surface area contributed by atoms with Crippen LogP contribution in [0.3, 0.4) is 0 Å². The summed E-state index contributed by atoms with van der Waals surface area (Å²) in [6.45, 7) is 5.10. The van der Waals surface area contributed by atoms with Gasteiger partial charge in [-0.05, 0) is 55.2 Å².